The first-order valence-corrected chi connectivity index (χ1v) is 4.55. The maximum absolute atomic E-state index is 10.5. The zero-order chi connectivity index (χ0) is 11.8. The van der Waals surface area contributed by atoms with Crippen LogP contribution < -0.4 is 9.47 Å². The molecule has 15 heavy (non-hydrogen) atoms. The molecule has 5 nitrogen and oxygen atoms in total. The van der Waals surface area contributed by atoms with Gasteiger partial charge in [0.25, 0.3) is 0 Å². The topological polar surface area (TPSA) is 61.6 Å². The van der Waals surface area contributed by atoms with Crippen molar-refractivity contribution in [1.82, 2.24) is 0 Å². The first-order chi connectivity index (χ1) is 7.19. The molecule has 0 saturated heterocycles. The number of hydrogen-bond donors (Lipinski definition) is 0. The SMILES string of the molecule is CC.COc1ccc(OC)c([N+](=O)[O-])c1. The summed E-state index contributed by atoms with van der Waals surface area (Å²) in [5.41, 5.74) is -0.0955. The number of nitro benzene ring substituents is 1. The Hall–Kier alpha value is -1.78. The molecule has 0 spiro atoms. The Labute approximate surface area is 88.8 Å². The van der Waals surface area contributed by atoms with Gasteiger partial charge in [0.15, 0.2) is 5.75 Å². The molecule has 0 aliphatic heterocycles. The van der Waals surface area contributed by atoms with Gasteiger partial charge in [0.2, 0.25) is 0 Å². The molecule has 0 aliphatic rings. The summed E-state index contributed by atoms with van der Waals surface area (Å²) >= 11 is 0. The summed E-state index contributed by atoms with van der Waals surface area (Å²) < 4.78 is 9.65. The lowest BCUT2D eigenvalue weighted by Gasteiger charge is -2.03. The highest BCUT2D eigenvalue weighted by atomic mass is 16.6. The second kappa shape index (κ2) is 6.64. The summed E-state index contributed by atoms with van der Waals surface area (Å²) in [5, 5.41) is 10.5. The van der Waals surface area contributed by atoms with E-state index in [1.165, 1.54) is 26.4 Å². The summed E-state index contributed by atoms with van der Waals surface area (Å²) in [6, 6.07) is 4.42. The Kier molecular flexibility index (Phi) is 5.85. The fourth-order valence-electron chi connectivity index (χ4n) is 0.939. The first kappa shape index (κ1) is 13.2. The molecule has 0 bridgehead atoms. The van der Waals surface area contributed by atoms with E-state index in [1.54, 1.807) is 6.07 Å². The van der Waals surface area contributed by atoms with Crippen LogP contribution in [0.5, 0.6) is 11.5 Å². The average molecular weight is 213 g/mol. The van der Waals surface area contributed by atoms with Crippen molar-refractivity contribution < 1.29 is 14.4 Å². The van der Waals surface area contributed by atoms with Crippen LogP contribution in [0.15, 0.2) is 18.2 Å². The molecule has 0 N–H and O–H groups in total. The van der Waals surface area contributed by atoms with Crippen LogP contribution in [0.1, 0.15) is 13.8 Å². The Morgan fingerprint density at radius 3 is 2.20 bits per heavy atom. The van der Waals surface area contributed by atoms with Crippen LogP contribution >= 0.6 is 0 Å². The molecule has 0 radical (unpaired) electrons. The Morgan fingerprint density at radius 1 is 1.20 bits per heavy atom. The third-order valence-electron chi connectivity index (χ3n) is 1.58. The zero-order valence-electron chi connectivity index (χ0n) is 9.31. The molecular formula is C10H15NO4. The summed E-state index contributed by atoms with van der Waals surface area (Å²) in [7, 11) is 2.83. The first-order valence-electron chi connectivity index (χ1n) is 4.55. The van der Waals surface area contributed by atoms with Gasteiger partial charge < -0.3 is 9.47 Å². The van der Waals surface area contributed by atoms with Crippen LogP contribution in [-0.4, -0.2) is 19.1 Å². The molecule has 0 unspecified atom stereocenters. The number of nitrogens with zero attached hydrogens (tertiary/aromatic N) is 1. The smallest absolute Gasteiger partial charge is 0.314 e. The third-order valence-corrected chi connectivity index (χ3v) is 1.58. The van der Waals surface area contributed by atoms with Crippen LogP contribution in [0.2, 0.25) is 0 Å². The molecular weight excluding hydrogens is 198 g/mol. The van der Waals surface area contributed by atoms with Gasteiger partial charge in [0, 0.05) is 0 Å². The van der Waals surface area contributed by atoms with Crippen molar-refractivity contribution in [2.45, 2.75) is 13.8 Å². The lowest BCUT2D eigenvalue weighted by atomic mass is 10.3. The summed E-state index contributed by atoms with van der Waals surface area (Å²) in [6.45, 7) is 4.00. The van der Waals surface area contributed by atoms with Crippen LogP contribution in [-0.2, 0) is 0 Å². The molecule has 0 aliphatic carbocycles. The molecule has 1 aromatic carbocycles. The molecule has 0 fully saturated rings. The minimum absolute atomic E-state index is 0.0955. The van der Waals surface area contributed by atoms with Crippen molar-refractivity contribution in [3.8, 4) is 11.5 Å². The fraction of sp³-hybridized carbons (Fsp3) is 0.400. The quantitative estimate of drug-likeness (QED) is 0.572. The standard InChI is InChI=1S/C8H9NO4.C2H6/c1-12-6-3-4-8(13-2)7(5-6)9(10)11;1-2/h3-5H,1-2H3;1-2H3. The minimum Gasteiger partial charge on any atom is -0.496 e. The van der Waals surface area contributed by atoms with Gasteiger partial charge >= 0.3 is 5.69 Å². The van der Waals surface area contributed by atoms with Crippen LogP contribution in [0.4, 0.5) is 5.69 Å². The number of hydrogen-bond acceptors (Lipinski definition) is 4. The monoisotopic (exact) mass is 213 g/mol. The van der Waals surface area contributed by atoms with Crippen molar-refractivity contribution >= 4 is 5.69 Å². The molecule has 0 saturated carbocycles. The number of nitro groups is 1. The van der Waals surface area contributed by atoms with E-state index in [2.05, 4.69) is 0 Å². The van der Waals surface area contributed by atoms with Crippen molar-refractivity contribution in [1.29, 1.82) is 0 Å². The Bertz CT molecular complexity index is 325. The third kappa shape index (κ3) is 3.46. The molecule has 0 amide bonds. The predicted molar refractivity (Wildman–Crippen MR) is 57.5 cm³/mol. The molecule has 0 aromatic heterocycles. The molecule has 0 atom stereocenters. The fourth-order valence-corrected chi connectivity index (χ4v) is 0.939. The van der Waals surface area contributed by atoms with Crippen molar-refractivity contribution in [3.63, 3.8) is 0 Å². The van der Waals surface area contributed by atoms with Gasteiger partial charge in [0.1, 0.15) is 5.75 Å². The van der Waals surface area contributed by atoms with Gasteiger partial charge in [-0.05, 0) is 12.1 Å². The van der Waals surface area contributed by atoms with Gasteiger partial charge in [-0.1, -0.05) is 13.8 Å². The minimum atomic E-state index is -0.513. The van der Waals surface area contributed by atoms with E-state index in [1.807, 2.05) is 13.8 Å². The molecule has 84 valence electrons. The highest BCUT2D eigenvalue weighted by Gasteiger charge is 2.14. The highest BCUT2D eigenvalue weighted by Crippen LogP contribution is 2.30. The van der Waals surface area contributed by atoms with Crippen molar-refractivity contribution in [3.05, 3.63) is 28.3 Å². The Balaban J connectivity index is 0.000000921. The van der Waals surface area contributed by atoms with E-state index >= 15 is 0 Å². The van der Waals surface area contributed by atoms with E-state index in [0.717, 1.165) is 0 Å². The van der Waals surface area contributed by atoms with Crippen molar-refractivity contribution in [2.24, 2.45) is 0 Å². The second-order valence-electron chi connectivity index (χ2n) is 2.29. The van der Waals surface area contributed by atoms with Crippen LogP contribution in [0, 0.1) is 10.1 Å². The lowest BCUT2D eigenvalue weighted by molar-refractivity contribution is -0.385. The average Bonchev–Trinajstić information content (AvgIpc) is 2.30. The summed E-state index contributed by atoms with van der Waals surface area (Å²) in [4.78, 5) is 10.0. The molecule has 1 aromatic rings. The van der Waals surface area contributed by atoms with E-state index in [-0.39, 0.29) is 11.4 Å². The van der Waals surface area contributed by atoms with E-state index in [4.69, 9.17) is 9.47 Å². The summed E-state index contributed by atoms with van der Waals surface area (Å²) in [5.74, 6) is 0.665. The largest absolute Gasteiger partial charge is 0.496 e. The van der Waals surface area contributed by atoms with Gasteiger partial charge in [0.05, 0.1) is 25.2 Å². The van der Waals surface area contributed by atoms with Gasteiger partial charge in [-0.25, -0.2) is 0 Å². The van der Waals surface area contributed by atoms with E-state index < -0.39 is 4.92 Å². The highest BCUT2D eigenvalue weighted by molar-refractivity contribution is 5.50. The van der Waals surface area contributed by atoms with Gasteiger partial charge in [-0.2, -0.15) is 0 Å². The molecule has 5 heteroatoms. The van der Waals surface area contributed by atoms with Crippen LogP contribution in [0.3, 0.4) is 0 Å². The second-order valence-corrected chi connectivity index (χ2v) is 2.29. The number of ether oxygens (including phenoxy) is 2. The maximum Gasteiger partial charge on any atom is 0.314 e. The number of rotatable bonds is 3. The maximum atomic E-state index is 10.5. The predicted octanol–water partition coefficient (Wildman–Crippen LogP) is 2.64. The normalized spacial score (nSPS) is 8.53. The number of benzene rings is 1. The Morgan fingerprint density at radius 2 is 1.80 bits per heavy atom. The van der Waals surface area contributed by atoms with Gasteiger partial charge in [-0.3, -0.25) is 10.1 Å². The number of methoxy groups -OCH3 is 2. The van der Waals surface area contributed by atoms with Gasteiger partial charge in [-0.15, -0.1) is 0 Å². The molecule has 1 rings (SSSR count). The van der Waals surface area contributed by atoms with Crippen LogP contribution in [0.25, 0.3) is 0 Å². The zero-order valence-corrected chi connectivity index (χ0v) is 9.31. The van der Waals surface area contributed by atoms with E-state index in [9.17, 15) is 10.1 Å². The van der Waals surface area contributed by atoms with Crippen molar-refractivity contribution in [2.75, 3.05) is 14.2 Å². The summed E-state index contributed by atoms with van der Waals surface area (Å²) in [6.07, 6.45) is 0. The van der Waals surface area contributed by atoms with E-state index in [0.29, 0.717) is 5.75 Å². The molecule has 0 heterocycles. The lowest BCUT2D eigenvalue weighted by Crippen LogP contribution is -1.94.